The molecule has 5 nitrogen and oxygen atoms in total. The molecule has 0 saturated heterocycles. The maximum atomic E-state index is 13.2. The summed E-state index contributed by atoms with van der Waals surface area (Å²) in [4.78, 5) is 20.4. The van der Waals surface area contributed by atoms with Crippen LogP contribution in [0.25, 0.3) is 16.2 Å². The van der Waals surface area contributed by atoms with Gasteiger partial charge in [-0.15, -0.1) is 11.3 Å². The zero-order valence-electron chi connectivity index (χ0n) is 17.2. The van der Waals surface area contributed by atoms with Gasteiger partial charge in [0.05, 0.1) is 5.69 Å². The van der Waals surface area contributed by atoms with Gasteiger partial charge in [-0.2, -0.15) is 0 Å². The lowest BCUT2D eigenvalue weighted by Gasteiger charge is -2.23. The number of thiazole rings is 1. The average molecular weight is 435 g/mol. The maximum absolute atomic E-state index is 13.2. The number of carbonyl (C=O) groups excluding carboxylic acids is 1. The number of hydrogen-bond donors (Lipinski definition) is 1. The number of aryl methyl sites for hydroxylation is 1. The standard InChI is InChI=1S/C24H23FN4OS/c1-16-3-2-4-19(13-16)26-23(30)28(20-9-10-20)12-11-21-15-31-24-27-22(14-29(21)24)17-5-7-18(25)8-6-17/h2-8,13-15,20H,9-12H2,1H3,(H,26,30). The molecule has 158 valence electrons. The van der Waals surface area contributed by atoms with E-state index in [1.165, 1.54) is 12.1 Å². The number of imidazole rings is 1. The van der Waals surface area contributed by atoms with Gasteiger partial charge in [-0.05, 0) is 61.7 Å². The Balaban J connectivity index is 1.30. The SMILES string of the molecule is Cc1cccc(NC(=O)N(CCc2csc3nc(-c4ccc(F)cc4)cn23)C2CC2)c1. The number of halogens is 1. The van der Waals surface area contributed by atoms with E-state index in [0.717, 1.165) is 52.4 Å². The summed E-state index contributed by atoms with van der Waals surface area (Å²) in [6.07, 6.45) is 4.85. The number of nitrogens with one attached hydrogen (secondary N) is 1. The zero-order chi connectivity index (χ0) is 21.4. The number of amides is 2. The summed E-state index contributed by atoms with van der Waals surface area (Å²) in [7, 11) is 0. The van der Waals surface area contributed by atoms with Crippen molar-refractivity contribution in [1.29, 1.82) is 0 Å². The van der Waals surface area contributed by atoms with E-state index in [4.69, 9.17) is 0 Å². The zero-order valence-corrected chi connectivity index (χ0v) is 18.0. The van der Waals surface area contributed by atoms with Gasteiger partial charge in [-0.3, -0.25) is 4.40 Å². The Morgan fingerprint density at radius 2 is 2.06 bits per heavy atom. The molecule has 0 radical (unpaired) electrons. The van der Waals surface area contributed by atoms with Crippen molar-refractivity contribution in [3.63, 3.8) is 0 Å². The molecule has 0 atom stereocenters. The monoisotopic (exact) mass is 434 g/mol. The van der Waals surface area contributed by atoms with Crippen LogP contribution in [0.4, 0.5) is 14.9 Å². The van der Waals surface area contributed by atoms with Crippen molar-refractivity contribution in [3.8, 4) is 11.3 Å². The smallest absolute Gasteiger partial charge is 0.321 e. The van der Waals surface area contributed by atoms with Gasteiger partial charge < -0.3 is 10.2 Å². The molecule has 0 bridgehead atoms. The number of anilines is 1. The molecule has 2 aromatic heterocycles. The third-order valence-corrected chi connectivity index (χ3v) is 6.44. The molecular formula is C24H23FN4OS. The highest BCUT2D eigenvalue weighted by atomic mass is 32.1. The molecule has 0 aliphatic heterocycles. The van der Waals surface area contributed by atoms with Gasteiger partial charge >= 0.3 is 6.03 Å². The van der Waals surface area contributed by atoms with Crippen LogP contribution in [0.1, 0.15) is 24.1 Å². The Morgan fingerprint density at radius 1 is 1.26 bits per heavy atom. The van der Waals surface area contributed by atoms with Crippen LogP contribution in [-0.4, -0.2) is 32.9 Å². The molecule has 1 fully saturated rings. The molecular weight excluding hydrogens is 411 g/mol. The van der Waals surface area contributed by atoms with Crippen LogP contribution in [0.5, 0.6) is 0 Å². The van der Waals surface area contributed by atoms with Gasteiger partial charge in [0.15, 0.2) is 4.96 Å². The summed E-state index contributed by atoms with van der Waals surface area (Å²) in [6, 6.07) is 14.5. The molecule has 1 N–H and O–H groups in total. The number of hydrogen-bond acceptors (Lipinski definition) is 3. The molecule has 2 aromatic carbocycles. The van der Waals surface area contributed by atoms with E-state index in [1.807, 2.05) is 42.3 Å². The molecule has 2 amide bonds. The molecule has 0 unspecified atom stereocenters. The van der Waals surface area contributed by atoms with Gasteiger partial charge in [0.1, 0.15) is 5.82 Å². The summed E-state index contributed by atoms with van der Waals surface area (Å²) in [5.41, 5.74) is 4.78. The Hall–Kier alpha value is -3.19. The number of carbonyl (C=O) groups is 1. The van der Waals surface area contributed by atoms with Crippen molar-refractivity contribution in [2.75, 3.05) is 11.9 Å². The summed E-state index contributed by atoms with van der Waals surface area (Å²) in [6.45, 7) is 2.67. The number of fused-ring (bicyclic) bond motifs is 1. The lowest BCUT2D eigenvalue weighted by molar-refractivity contribution is 0.209. The van der Waals surface area contributed by atoms with E-state index in [-0.39, 0.29) is 11.8 Å². The molecule has 2 heterocycles. The highest BCUT2D eigenvalue weighted by Gasteiger charge is 2.32. The van der Waals surface area contributed by atoms with E-state index >= 15 is 0 Å². The first-order valence-electron chi connectivity index (χ1n) is 10.4. The fraction of sp³-hybridized carbons (Fsp3) is 0.250. The lowest BCUT2D eigenvalue weighted by atomic mass is 10.2. The highest BCUT2D eigenvalue weighted by Crippen LogP contribution is 2.29. The van der Waals surface area contributed by atoms with Gasteiger partial charge in [0.2, 0.25) is 0 Å². The second-order valence-electron chi connectivity index (χ2n) is 7.99. The quantitative estimate of drug-likeness (QED) is 0.420. The van der Waals surface area contributed by atoms with E-state index in [0.29, 0.717) is 12.6 Å². The second-order valence-corrected chi connectivity index (χ2v) is 8.82. The van der Waals surface area contributed by atoms with Crippen LogP contribution in [-0.2, 0) is 6.42 Å². The molecule has 5 rings (SSSR count). The first kappa shape index (κ1) is 19.8. The average Bonchev–Trinajstić information content (AvgIpc) is 3.38. The number of benzene rings is 2. The van der Waals surface area contributed by atoms with Gasteiger partial charge in [-0.25, -0.2) is 14.2 Å². The predicted molar refractivity (Wildman–Crippen MR) is 122 cm³/mol. The Labute approximate surface area is 184 Å². The topological polar surface area (TPSA) is 49.6 Å². The predicted octanol–water partition coefficient (Wildman–Crippen LogP) is 5.75. The first-order valence-corrected chi connectivity index (χ1v) is 11.3. The van der Waals surface area contributed by atoms with E-state index in [9.17, 15) is 9.18 Å². The summed E-state index contributed by atoms with van der Waals surface area (Å²) >= 11 is 1.58. The number of urea groups is 1. The number of rotatable bonds is 6. The third kappa shape index (κ3) is 4.32. The Morgan fingerprint density at radius 3 is 2.81 bits per heavy atom. The maximum Gasteiger partial charge on any atom is 0.322 e. The lowest BCUT2D eigenvalue weighted by Crippen LogP contribution is -2.38. The summed E-state index contributed by atoms with van der Waals surface area (Å²) in [5.74, 6) is -0.255. The molecule has 1 aliphatic carbocycles. The molecule has 1 saturated carbocycles. The Bertz CT molecular complexity index is 1230. The van der Waals surface area contributed by atoms with Crippen molar-refractivity contribution in [2.24, 2.45) is 0 Å². The first-order chi connectivity index (χ1) is 15.1. The molecule has 7 heteroatoms. The Kier molecular flexibility index (Phi) is 5.19. The van der Waals surface area contributed by atoms with E-state index in [1.54, 1.807) is 23.5 Å². The molecule has 4 aromatic rings. The third-order valence-electron chi connectivity index (χ3n) is 5.55. The van der Waals surface area contributed by atoms with Crippen LogP contribution in [0, 0.1) is 12.7 Å². The van der Waals surface area contributed by atoms with Crippen LogP contribution in [0.2, 0.25) is 0 Å². The van der Waals surface area contributed by atoms with Crippen molar-refractivity contribution in [2.45, 2.75) is 32.2 Å². The van der Waals surface area contributed by atoms with Crippen LogP contribution in [0.15, 0.2) is 60.1 Å². The van der Waals surface area contributed by atoms with Crippen molar-refractivity contribution < 1.29 is 9.18 Å². The number of nitrogens with zero attached hydrogens (tertiary/aromatic N) is 3. The van der Waals surface area contributed by atoms with Crippen LogP contribution < -0.4 is 5.32 Å². The van der Waals surface area contributed by atoms with Gasteiger partial charge in [0.25, 0.3) is 0 Å². The van der Waals surface area contributed by atoms with Crippen molar-refractivity contribution in [1.82, 2.24) is 14.3 Å². The van der Waals surface area contributed by atoms with Crippen molar-refractivity contribution >= 4 is 28.0 Å². The van der Waals surface area contributed by atoms with Gasteiger partial charge in [0, 0.05) is 47.5 Å². The fourth-order valence-electron chi connectivity index (χ4n) is 3.76. The fourth-order valence-corrected chi connectivity index (χ4v) is 4.67. The summed E-state index contributed by atoms with van der Waals surface area (Å²) in [5, 5.41) is 5.14. The number of aromatic nitrogens is 2. The van der Waals surface area contributed by atoms with E-state index in [2.05, 4.69) is 20.1 Å². The molecule has 0 spiro atoms. The summed E-state index contributed by atoms with van der Waals surface area (Å²) < 4.78 is 15.3. The minimum atomic E-state index is -0.255. The van der Waals surface area contributed by atoms with Gasteiger partial charge in [-0.1, -0.05) is 12.1 Å². The van der Waals surface area contributed by atoms with E-state index < -0.39 is 0 Å². The van der Waals surface area contributed by atoms with Crippen LogP contribution in [0.3, 0.4) is 0 Å². The highest BCUT2D eigenvalue weighted by molar-refractivity contribution is 7.15. The normalized spacial score (nSPS) is 13.5. The second kappa shape index (κ2) is 8.15. The minimum Gasteiger partial charge on any atom is -0.321 e. The van der Waals surface area contributed by atoms with Crippen molar-refractivity contribution in [3.05, 3.63) is 77.2 Å². The van der Waals surface area contributed by atoms with Crippen LogP contribution >= 0.6 is 11.3 Å². The minimum absolute atomic E-state index is 0.0443. The molecule has 31 heavy (non-hydrogen) atoms. The largest absolute Gasteiger partial charge is 0.322 e. The molecule has 1 aliphatic rings.